The number of rotatable bonds is 11. The van der Waals surface area contributed by atoms with Gasteiger partial charge < -0.3 is 26.4 Å². The van der Waals surface area contributed by atoms with Gasteiger partial charge in [-0.25, -0.2) is 0 Å². The molecule has 6 N–H and O–H groups in total. The van der Waals surface area contributed by atoms with E-state index in [1.165, 1.54) is 0 Å². The molecule has 1 saturated heterocycles. The number of nitrogens with zero attached hydrogens (tertiary/aromatic N) is 4. The molecule has 12 nitrogen and oxygen atoms in total. The molecular formula is C18H36N6O6. The zero-order chi connectivity index (χ0) is 22.4. The Balaban J connectivity index is 2.83. The molecule has 0 amide bonds. The summed E-state index contributed by atoms with van der Waals surface area (Å²) in [6.45, 7) is 6.36. The van der Waals surface area contributed by atoms with Crippen LogP contribution in [0.15, 0.2) is 0 Å². The molecule has 1 fully saturated rings. The lowest BCUT2D eigenvalue weighted by atomic mass is 10.3. The van der Waals surface area contributed by atoms with Crippen LogP contribution in [0.2, 0.25) is 0 Å². The first-order valence-electron chi connectivity index (χ1n) is 10.3. The highest BCUT2D eigenvalue weighted by molar-refractivity contribution is 5.69. The molecule has 1 aliphatic rings. The summed E-state index contributed by atoms with van der Waals surface area (Å²) < 4.78 is 0. The van der Waals surface area contributed by atoms with E-state index < -0.39 is 17.9 Å². The van der Waals surface area contributed by atoms with Gasteiger partial charge >= 0.3 is 17.9 Å². The van der Waals surface area contributed by atoms with E-state index in [1.54, 1.807) is 4.90 Å². The van der Waals surface area contributed by atoms with Crippen molar-refractivity contribution >= 4 is 17.9 Å². The van der Waals surface area contributed by atoms with E-state index >= 15 is 0 Å². The van der Waals surface area contributed by atoms with Crippen molar-refractivity contribution in [3.63, 3.8) is 0 Å². The molecule has 0 aromatic rings. The summed E-state index contributed by atoms with van der Waals surface area (Å²) in [5.74, 6) is -2.81. The van der Waals surface area contributed by atoms with Crippen LogP contribution in [0.5, 0.6) is 0 Å². The maximum Gasteiger partial charge on any atom is 0.317 e. The van der Waals surface area contributed by atoms with Crippen LogP contribution in [-0.4, -0.2) is 151 Å². The summed E-state index contributed by atoms with van der Waals surface area (Å²) >= 11 is 0. The van der Waals surface area contributed by atoms with Crippen LogP contribution >= 0.6 is 0 Å². The zero-order valence-corrected chi connectivity index (χ0v) is 17.5. The molecule has 0 unspecified atom stereocenters. The predicted molar refractivity (Wildman–Crippen MR) is 111 cm³/mol. The Bertz CT molecular complexity index is 505. The first-order chi connectivity index (χ1) is 14.3. The van der Waals surface area contributed by atoms with Crippen molar-refractivity contribution in [2.45, 2.75) is 0 Å². The zero-order valence-electron chi connectivity index (χ0n) is 17.5. The van der Waals surface area contributed by atoms with Gasteiger partial charge in [0.1, 0.15) is 0 Å². The lowest BCUT2D eigenvalue weighted by molar-refractivity contribution is -0.140. The van der Waals surface area contributed by atoms with E-state index in [1.807, 2.05) is 9.80 Å². The van der Waals surface area contributed by atoms with Crippen LogP contribution in [-0.2, 0) is 14.4 Å². The fourth-order valence-electron chi connectivity index (χ4n) is 3.31. The quantitative estimate of drug-likeness (QED) is 0.211. The van der Waals surface area contributed by atoms with E-state index in [-0.39, 0.29) is 19.6 Å². The van der Waals surface area contributed by atoms with Crippen molar-refractivity contribution in [2.75, 3.05) is 98.2 Å². The second kappa shape index (κ2) is 15.0. The molecule has 0 aromatic heterocycles. The first kappa shape index (κ1) is 26.2. The van der Waals surface area contributed by atoms with Gasteiger partial charge in [-0.15, -0.1) is 0 Å². The standard InChI is InChI=1S/C18H36N6O6/c19-1-2-20-3-4-21-5-7-22(13-16(25)26)9-11-24(15-18(29)30)12-10-23(8-6-21)14-17(27)28/h20H,1-15,19H2,(H,25,26)(H,27,28)(H,29,30). The largest absolute Gasteiger partial charge is 0.480 e. The minimum Gasteiger partial charge on any atom is -0.480 e. The van der Waals surface area contributed by atoms with Crippen molar-refractivity contribution in [3.8, 4) is 0 Å². The third kappa shape index (κ3) is 12.7. The van der Waals surface area contributed by atoms with Crippen LogP contribution in [0, 0.1) is 0 Å². The van der Waals surface area contributed by atoms with E-state index in [4.69, 9.17) is 10.8 Å². The van der Waals surface area contributed by atoms with Crippen LogP contribution < -0.4 is 11.1 Å². The highest BCUT2D eigenvalue weighted by Crippen LogP contribution is 2.01. The number of nitrogens with two attached hydrogens (primary N) is 1. The Labute approximate surface area is 177 Å². The van der Waals surface area contributed by atoms with Gasteiger partial charge in [-0.3, -0.25) is 34.0 Å². The van der Waals surface area contributed by atoms with E-state index in [0.29, 0.717) is 65.4 Å². The fraction of sp³-hybridized carbons (Fsp3) is 0.833. The maximum atomic E-state index is 11.2. The van der Waals surface area contributed by atoms with E-state index in [2.05, 4.69) is 10.2 Å². The average Bonchev–Trinajstić information content (AvgIpc) is 2.65. The Kier molecular flexibility index (Phi) is 13.1. The van der Waals surface area contributed by atoms with Gasteiger partial charge in [-0.1, -0.05) is 0 Å². The molecule has 174 valence electrons. The predicted octanol–water partition coefficient (Wildman–Crippen LogP) is -2.99. The Morgan fingerprint density at radius 3 is 1.27 bits per heavy atom. The Morgan fingerprint density at radius 1 is 0.633 bits per heavy atom. The normalized spacial score (nSPS) is 19.1. The maximum absolute atomic E-state index is 11.2. The third-order valence-electron chi connectivity index (χ3n) is 4.93. The number of hydrogen-bond acceptors (Lipinski definition) is 9. The fourth-order valence-corrected chi connectivity index (χ4v) is 3.31. The summed E-state index contributed by atoms with van der Waals surface area (Å²) in [6.07, 6.45) is 0. The van der Waals surface area contributed by atoms with Crippen molar-refractivity contribution < 1.29 is 29.7 Å². The molecule has 0 saturated carbocycles. The van der Waals surface area contributed by atoms with Crippen LogP contribution in [0.3, 0.4) is 0 Å². The molecule has 1 aliphatic heterocycles. The van der Waals surface area contributed by atoms with Crippen molar-refractivity contribution in [1.29, 1.82) is 0 Å². The molecule has 0 spiro atoms. The van der Waals surface area contributed by atoms with Crippen LogP contribution in [0.25, 0.3) is 0 Å². The third-order valence-corrected chi connectivity index (χ3v) is 4.93. The van der Waals surface area contributed by atoms with Gasteiger partial charge in [-0.05, 0) is 0 Å². The van der Waals surface area contributed by atoms with E-state index in [0.717, 1.165) is 13.1 Å². The van der Waals surface area contributed by atoms with Gasteiger partial charge in [0.2, 0.25) is 0 Å². The summed E-state index contributed by atoms with van der Waals surface area (Å²) in [5.41, 5.74) is 5.49. The minimum atomic E-state index is -0.965. The van der Waals surface area contributed by atoms with E-state index in [9.17, 15) is 24.6 Å². The molecule has 30 heavy (non-hydrogen) atoms. The number of nitrogens with one attached hydrogen (secondary N) is 1. The molecule has 0 atom stereocenters. The second-order valence-corrected chi connectivity index (χ2v) is 7.39. The van der Waals surface area contributed by atoms with Gasteiger partial charge in [0.05, 0.1) is 19.6 Å². The highest BCUT2D eigenvalue weighted by Gasteiger charge is 2.19. The van der Waals surface area contributed by atoms with Crippen molar-refractivity contribution in [1.82, 2.24) is 24.9 Å². The van der Waals surface area contributed by atoms with Gasteiger partial charge in [-0.2, -0.15) is 0 Å². The highest BCUT2D eigenvalue weighted by atomic mass is 16.4. The van der Waals surface area contributed by atoms with Gasteiger partial charge in [0.15, 0.2) is 0 Å². The molecule has 0 aliphatic carbocycles. The molecule has 0 radical (unpaired) electrons. The number of carboxylic acids is 3. The van der Waals surface area contributed by atoms with Crippen LogP contribution in [0.4, 0.5) is 0 Å². The summed E-state index contributed by atoms with van der Waals surface area (Å²) in [5, 5.41) is 30.8. The summed E-state index contributed by atoms with van der Waals surface area (Å²) in [7, 11) is 0. The summed E-state index contributed by atoms with van der Waals surface area (Å²) in [6, 6.07) is 0. The Hall–Kier alpha value is -1.83. The Morgan fingerprint density at radius 2 is 0.967 bits per heavy atom. The molecule has 1 rings (SSSR count). The minimum absolute atomic E-state index is 0.106. The topological polar surface area (TPSA) is 163 Å². The number of carboxylic acid groups (broad SMARTS) is 3. The second-order valence-electron chi connectivity index (χ2n) is 7.39. The lowest BCUT2D eigenvalue weighted by Gasteiger charge is -2.33. The number of aliphatic carboxylic acids is 3. The molecule has 1 heterocycles. The monoisotopic (exact) mass is 432 g/mol. The first-order valence-corrected chi connectivity index (χ1v) is 10.3. The van der Waals surface area contributed by atoms with Crippen molar-refractivity contribution in [3.05, 3.63) is 0 Å². The van der Waals surface area contributed by atoms with Crippen LogP contribution in [0.1, 0.15) is 0 Å². The molecule has 0 bridgehead atoms. The number of hydrogen-bond donors (Lipinski definition) is 5. The lowest BCUT2D eigenvalue weighted by Crippen LogP contribution is -2.49. The SMILES string of the molecule is NCCNCCN1CCN(CC(=O)O)CCN(CC(=O)O)CCN(CC(=O)O)CC1. The smallest absolute Gasteiger partial charge is 0.317 e. The van der Waals surface area contributed by atoms with Crippen molar-refractivity contribution in [2.24, 2.45) is 5.73 Å². The summed E-state index contributed by atoms with van der Waals surface area (Å²) in [4.78, 5) is 41.2. The van der Waals surface area contributed by atoms with Gasteiger partial charge in [0.25, 0.3) is 0 Å². The molecule has 0 aromatic carbocycles. The molecule has 12 heteroatoms. The average molecular weight is 433 g/mol. The van der Waals surface area contributed by atoms with Gasteiger partial charge in [0, 0.05) is 78.5 Å². The number of carbonyl (C=O) groups is 3. The molecular weight excluding hydrogens is 396 g/mol.